The highest BCUT2D eigenvalue weighted by atomic mass is 79.9. The van der Waals surface area contributed by atoms with Crippen molar-refractivity contribution in [1.29, 1.82) is 0 Å². The van der Waals surface area contributed by atoms with Gasteiger partial charge < -0.3 is 15.4 Å². The van der Waals surface area contributed by atoms with Gasteiger partial charge in [-0.3, -0.25) is 9.59 Å². The van der Waals surface area contributed by atoms with Gasteiger partial charge in [0.2, 0.25) is 0 Å². The van der Waals surface area contributed by atoms with Crippen molar-refractivity contribution in [3.05, 3.63) is 28.2 Å². The van der Waals surface area contributed by atoms with Crippen LogP contribution in [0.2, 0.25) is 0 Å². The minimum atomic E-state index is -3.45. The van der Waals surface area contributed by atoms with Gasteiger partial charge in [0.25, 0.3) is 0 Å². The summed E-state index contributed by atoms with van der Waals surface area (Å²) >= 11 is 3.49. The van der Waals surface area contributed by atoms with Gasteiger partial charge in [-0.05, 0) is 70.9 Å². The van der Waals surface area contributed by atoms with Gasteiger partial charge in [-0.2, -0.15) is 5.10 Å². The molecule has 192 valence electrons. The Balaban J connectivity index is 1.77. The van der Waals surface area contributed by atoms with Crippen molar-refractivity contribution in [2.24, 2.45) is 11.0 Å². The SMILES string of the molecule is CNC(=O)C(=O)N[C@@H](C)CC1CCC2(CC1)OC(=O)NN=C2c1ccc(S(=O)(=O)C(C)C)cc1Br. The fraction of sp³-hybridized carbons (Fsp3) is 0.565. The molecule has 1 aliphatic carbocycles. The molecule has 1 spiro atoms. The average molecular weight is 571 g/mol. The molecule has 1 aromatic carbocycles. The Morgan fingerprint density at radius 2 is 1.89 bits per heavy atom. The standard InChI is InChI=1S/C23H31BrN4O6S/c1-13(2)35(32,33)16-5-6-17(18(24)12-16)19-23(34-22(31)28-27-19)9-7-15(8-10-23)11-14(3)26-21(30)20(29)25-4/h5-6,12-15H,7-11H2,1-4H3,(H,25,29)(H,26,30)(H,28,31)/t14-,15?,23?/m0/s1. The largest absolute Gasteiger partial charge is 0.435 e. The van der Waals surface area contributed by atoms with Crippen LogP contribution in [0.1, 0.15) is 58.4 Å². The third-order valence-electron chi connectivity index (χ3n) is 6.53. The van der Waals surface area contributed by atoms with Crippen LogP contribution < -0.4 is 16.1 Å². The molecule has 1 atom stereocenters. The van der Waals surface area contributed by atoms with Crippen molar-refractivity contribution in [2.75, 3.05) is 7.05 Å². The first-order valence-corrected chi connectivity index (χ1v) is 13.9. The summed E-state index contributed by atoms with van der Waals surface area (Å²) in [4.78, 5) is 35.6. The Labute approximate surface area is 213 Å². The van der Waals surface area contributed by atoms with Gasteiger partial charge in [-0.1, -0.05) is 22.0 Å². The van der Waals surface area contributed by atoms with Gasteiger partial charge in [-0.15, -0.1) is 0 Å². The zero-order valence-electron chi connectivity index (χ0n) is 20.2. The van der Waals surface area contributed by atoms with Crippen molar-refractivity contribution in [1.82, 2.24) is 16.1 Å². The molecule has 0 saturated heterocycles. The number of halogens is 1. The Morgan fingerprint density at radius 1 is 1.23 bits per heavy atom. The smallest absolute Gasteiger partial charge is 0.428 e. The van der Waals surface area contributed by atoms with E-state index in [4.69, 9.17) is 4.74 Å². The lowest BCUT2D eigenvalue weighted by atomic mass is 9.73. The van der Waals surface area contributed by atoms with E-state index >= 15 is 0 Å². The number of carbonyl (C=O) groups excluding carboxylic acids is 3. The van der Waals surface area contributed by atoms with Crippen molar-refractivity contribution in [2.45, 2.75) is 74.7 Å². The number of ether oxygens (including phenoxy) is 1. The average Bonchev–Trinajstić information content (AvgIpc) is 2.80. The van der Waals surface area contributed by atoms with E-state index in [-0.39, 0.29) is 16.9 Å². The number of benzene rings is 1. The number of carbonyl (C=O) groups is 3. The first-order chi connectivity index (χ1) is 16.4. The predicted octanol–water partition coefficient (Wildman–Crippen LogP) is 2.64. The molecular weight excluding hydrogens is 540 g/mol. The van der Waals surface area contributed by atoms with Crippen LogP contribution in [0, 0.1) is 5.92 Å². The van der Waals surface area contributed by atoms with E-state index in [9.17, 15) is 22.8 Å². The van der Waals surface area contributed by atoms with E-state index in [1.165, 1.54) is 7.05 Å². The maximum Gasteiger partial charge on any atom is 0.428 e. The molecule has 1 aromatic rings. The first-order valence-electron chi connectivity index (χ1n) is 11.5. The van der Waals surface area contributed by atoms with Crippen LogP contribution in [0.5, 0.6) is 0 Å². The van der Waals surface area contributed by atoms with Crippen LogP contribution in [0.25, 0.3) is 0 Å². The fourth-order valence-corrected chi connectivity index (χ4v) is 6.38. The third kappa shape index (κ3) is 5.85. The Morgan fingerprint density at radius 3 is 2.46 bits per heavy atom. The van der Waals surface area contributed by atoms with Crippen LogP contribution in [0.15, 0.2) is 32.7 Å². The summed E-state index contributed by atoms with van der Waals surface area (Å²) in [6.07, 6.45) is 2.56. The molecule has 3 amide bonds. The highest BCUT2D eigenvalue weighted by molar-refractivity contribution is 9.10. The maximum atomic E-state index is 12.6. The highest BCUT2D eigenvalue weighted by Gasteiger charge is 2.47. The van der Waals surface area contributed by atoms with E-state index in [2.05, 4.69) is 37.1 Å². The molecule has 12 heteroatoms. The van der Waals surface area contributed by atoms with Gasteiger partial charge in [0.15, 0.2) is 15.4 Å². The minimum absolute atomic E-state index is 0.188. The minimum Gasteiger partial charge on any atom is -0.435 e. The first kappa shape index (κ1) is 27.1. The van der Waals surface area contributed by atoms with Crippen molar-refractivity contribution >= 4 is 49.4 Å². The number of likely N-dealkylation sites (N-methyl/N-ethyl adjacent to an activating group) is 1. The highest BCUT2D eigenvalue weighted by Crippen LogP contribution is 2.41. The molecule has 1 fully saturated rings. The molecule has 0 radical (unpaired) electrons. The summed E-state index contributed by atoms with van der Waals surface area (Å²) in [5.41, 5.74) is 2.63. The van der Waals surface area contributed by atoms with Crippen LogP contribution in [0.4, 0.5) is 4.79 Å². The molecule has 1 heterocycles. The molecule has 1 saturated carbocycles. The Hall–Kier alpha value is -2.47. The van der Waals surface area contributed by atoms with Crippen molar-refractivity contribution < 1.29 is 27.5 Å². The second-order valence-electron chi connectivity index (χ2n) is 9.32. The lowest BCUT2D eigenvalue weighted by Gasteiger charge is -2.42. The van der Waals surface area contributed by atoms with E-state index in [0.717, 1.165) is 12.8 Å². The maximum absolute atomic E-state index is 12.6. The molecule has 3 rings (SSSR count). The number of sulfone groups is 1. The third-order valence-corrected chi connectivity index (χ3v) is 9.34. The number of rotatable bonds is 6. The van der Waals surface area contributed by atoms with Gasteiger partial charge in [0.1, 0.15) is 5.71 Å². The van der Waals surface area contributed by atoms with Gasteiger partial charge >= 0.3 is 17.9 Å². The molecule has 3 N–H and O–H groups in total. The van der Waals surface area contributed by atoms with E-state index < -0.39 is 38.6 Å². The topological polar surface area (TPSA) is 143 Å². The van der Waals surface area contributed by atoms with Crippen LogP contribution in [-0.4, -0.2) is 56.0 Å². The second kappa shape index (κ2) is 10.7. The zero-order chi connectivity index (χ0) is 26.0. The number of hydrogen-bond donors (Lipinski definition) is 3. The summed E-state index contributed by atoms with van der Waals surface area (Å²) in [5, 5.41) is 8.76. The number of hydrogen-bond acceptors (Lipinski definition) is 7. The van der Waals surface area contributed by atoms with E-state index in [1.54, 1.807) is 32.0 Å². The molecule has 0 aromatic heterocycles. The van der Waals surface area contributed by atoms with Crippen molar-refractivity contribution in [3.63, 3.8) is 0 Å². The normalized spacial score (nSPS) is 23.2. The van der Waals surface area contributed by atoms with Gasteiger partial charge in [0, 0.05) is 23.1 Å². The molecular formula is C23H31BrN4O6S. The number of hydrazone groups is 1. The molecule has 2 aliphatic rings. The summed E-state index contributed by atoms with van der Waals surface area (Å²) in [5.74, 6) is -1.08. The number of nitrogens with zero attached hydrogens (tertiary/aromatic N) is 1. The quantitative estimate of drug-likeness (QED) is 0.448. The summed E-state index contributed by atoms with van der Waals surface area (Å²) < 4.78 is 31.5. The molecule has 1 aliphatic heterocycles. The molecule has 0 bridgehead atoms. The Bertz CT molecular complexity index is 1140. The molecule has 0 unspecified atom stereocenters. The molecule has 35 heavy (non-hydrogen) atoms. The van der Waals surface area contributed by atoms with E-state index in [0.29, 0.717) is 35.0 Å². The van der Waals surface area contributed by atoms with E-state index in [1.807, 2.05) is 6.92 Å². The second-order valence-corrected chi connectivity index (χ2v) is 12.7. The zero-order valence-corrected chi connectivity index (χ0v) is 22.6. The lowest BCUT2D eigenvalue weighted by Crippen LogP contribution is -2.52. The fourth-order valence-electron chi connectivity index (χ4n) is 4.57. The summed E-state index contributed by atoms with van der Waals surface area (Å²) in [6, 6.07) is 4.60. The summed E-state index contributed by atoms with van der Waals surface area (Å²) in [6.45, 7) is 5.11. The van der Waals surface area contributed by atoms with Crippen LogP contribution in [0.3, 0.4) is 0 Å². The van der Waals surface area contributed by atoms with Gasteiger partial charge in [0.05, 0.1) is 10.1 Å². The van der Waals surface area contributed by atoms with Crippen LogP contribution in [-0.2, 0) is 24.2 Å². The van der Waals surface area contributed by atoms with Gasteiger partial charge in [-0.25, -0.2) is 18.6 Å². The monoisotopic (exact) mass is 570 g/mol. The lowest BCUT2D eigenvalue weighted by molar-refractivity contribution is -0.139. The Kier molecular flexibility index (Phi) is 8.25. The molecule has 10 nitrogen and oxygen atoms in total. The number of amides is 3. The number of nitrogens with one attached hydrogen (secondary N) is 3. The van der Waals surface area contributed by atoms with Crippen LogP contribution >= 0.6 is 15.9 Å². The van der Waals surface area contributed by atoms with Crippen molar-refractivity contribution in [3.8, 4) is 0 Å². The summed E-state index contributed by atoms with van der Waals surface area (Å²) in [7, 11) is -2.05. The predicted molar refractivity (Wildman–Crippen MR) is 134 cm³/mol.